The van der Waals surface area contributed by atoms with Crippen LogP contribution >= 0.6 is 22.9 Å². The number of hydrogen-bond acceptors (Lipinski definition) is 5. The molecule has 1 atom stereocenters. The topological polar surface area (TPSA) is 93.8 Å². The van der Waals surface area contributed by atoms with Crippen molar-refractivity contribution in [3.8, 4) is 0 Å². The van der Waals surface area contributed by atoms with Gasteiger partial charge >= 0.3 is 0 Å². The van der Waals surface area contributed by atoms with E-state index in [1.54, 1.807) is 30.5 Å². The second-order valence-electron chi connectivity index (χ2n) is 9.08. The van der Waals surface area contributed by atoms with Gasteiger partial charge < -0.3 is 15.2 Å². The molecule has 0 saturated heterocycles. The van der Waals surface area contributed by atoms with E-state index in [1.807, 2.05) is 34.9 Å². The fourth-order valence-corrected chi connectivity index (χ4v) is 5.74. The minimum atomic E-state index is -0.601. The van der Waals surface area contributed by atoms with Gasteiger partial charge in [-0.25, -0.2) is 4.98 Å². The van der Waals surface area contributed by atoms with Gasteiger partial charge in [0.2, 0.25) is 5.91 Å². The van der Waals surface area contributed by atoms with Gasteiger partial charge in [0.25, 0.3) is 5.91 Å². The van der Waals surface area contributed by atoms with Crippen LogP contribution in [0.3, 0.4) is 0 Å². The highest BCUT2D eigenvalue weighted by atomic mass is 35.5. The van der Waals surface area contributed by atoms with Crippen LogP contribution in [0.15, 0.2) is 49.1 Å². The minimum Gasteiger partial charge on any atom is -0.340 e. The standard InChI is InChI=1S/C25H27ClN6O2S/c1-31-13-18(12-28-31)29-24(33)21(10-16-4-2-3-5-16)30-25(34)23-9-7-19(35-23)14-32-15-27-20-8-6-17(26)11-22(20)32/h6-9,11-13,15-16,21H,2-5,10,14H2,1H3,(H,29,33)(H,30,34)/t21-/m0/s1. The Bertz CT molecular complexity index is 1350. The largest absolute Gasteiger partial charge is 0.340 e. The molecule has 1 fully saturated rings. The van der Waals surface area contributed by atoms with Gasteiger partial charge in [-0.1, -0.05) is 37.3 Å². The maximum absolute atomic E-state index is 13.1. The van der Waals surface area contributed by atoms with Crippen molar-refractivity contribution in [3.63, 3.8) is 0 Å². The zero-order chi connectivity index (χ0) is 24.4. The van der Waals surface area contributed by atoms with Crippen LogP contribution in [0.25, 0.3) is 11.0 Å². The Morgan fingerprint density at radius 2 is 2.06 bits per heavy atom. The first-order valence-corrected chi connectivity index (χ1v) is 12.9. The zero-order valence-electron chi connectivity index (χ0n) is 19.4. The van der Waals surface area contributed by atoms with E-state index in [2.05, 4.69) is 20.7 Å². The first-order chi connectivity index (χ1) is 16.9. The normalized spacial score (nSPS) is 14.9. The quantitative estimate of drug-likeness (QED) is 0.354. The fraction of sp³-hybridized carbons (Fsp3) is 0.360. The lowest BCUT2D eigenvalue weighted by Gasteiger charge is -2.21. The van der Waals surface area contributed by atoms with E-state index >= 15 is 0 Å². The van der Waals surface area contributed by atoms with Gasteiger partial charge in [0.05, 0.1) is 40.7 Å². The number of aryl methyl sites for hydroxylation is 1. The Morgan fingerprint density at radius 3 is 2.83 bits per heavy atom. The van der Waals surface area contributed by atoms with Gasteiger partial charge in [0.15, 0.2) is 0 Å². The van der Waals surface area contributed by atoms with Crippen LogP contribution in [0.2, 0.25) is 5.02 Å². The molecule has 35 heavy (non-hydrogen) atoms. The fourth-order valence-electron chi connectivity index (χ4n) is 4.66. The number of rotatable bonds is 8. The number of benzene rings is 1. The van der Waals surface area contributed by atoms with Gasteiger partial charge in [0.1, 0.15) is 6.04 Å². The van der Waals surface area contributed by atoms with E-state index in [-0.39, 0.29) is 11.8 Å². The summed E-state index contributed by atoms with van der Waals surface area (Å²) in [7, 11) is 1.79. The van der Waals surface area contributed by atoms with Crippen molar-refractivity contribution in [2.45, 2.75) is 44.7 Å². The first kappa shape index (κ1) is 23.6. The second-order valence-corrected chi connectivity index (χ2v) is 10.7. The summed E-state index contributed by atoms with van der Waals surface area (Å²) in [5, 5.41) is 10.6. The molecule has 182 valence electrons. The van der Waals surface area contributed by atoms with Crippen LogP contribution in [-0.4, -0.2) is 37.2 Å². The van der Waals surface area contributed by atoms with Gasteiger partial charge in [0, 0.05) is 23.1 Å². The molecule has 1 aromatic carbocycles. The summed E-state index contributed by atoms with van der Waals surface area (Å²) in [5.41, 5.74) is 2.44. The lowest BCUT2D eigenvalue weighted by atomic mass is 9.97. The third-order valence-electron chi connectivity index (χ3n) is 6.43. The van der Waals surface area contributed by atoms with Crippen molar-refractivity contribution in [2.24, 2.45) is 13.0 Å². The molecule has 0 radical (unpaired) electrons. The van der Waals surface area contributed by atoms with E-state index in [0.717, 1.165) is 28.8 Å². The molecule has 1 aliphatic carbocycles. The summed E-state index contributed by atoms with van der Waals surface area (Å²) >= 11 is 7.57. The summed E-state index contributed by atoms with van der Waals surface area (Å²) in [6.45, 7) is 0.585. The van der Waals surface area contributed by atoms with Gasteiger partial charge in [-0.15, -0.1) is 11.3 Å². The highest BCUT2D eigenvalue weighted by Crippen LogP contribution is 2.29. The zero-order valence-corrected chi connectivity index (χ0v) is 21.0. The van der Waals surface area contributed by atoms with Crippen LogP contribution in [-0.2, 0) is 18.4 Å². The molecular weight excluding hydrogens is 484 g/mol. The van der Waals surface area contributed by atoms with Gasteiger partial charge in [-0.2, -0.15) is 5.10 Å². The number of aromatic nitrogens is 4. The Morgan fingerprint density at radius 1 is 1.23 bits per heavy atom. The number of nitrogens with one attached hydrogen (secondary N) is 2. The monoisotopic (exact) mass is 510 g/mol. The van der Waals surface area contributed by atoms with Crippen molar-refractivity contribution in [1.29, 1.82) is 0 Å². The lowest BCUT2D eigenvalue weighted by molar-refractivity contribution is -0.118. The van der Waals surface area contributed by atoms with E-state index < -0.39 is 6.04 Å². The number of hydrogen-bond donors (Lipinski definition) is 2. The predicted octanol–water partition coefficient (Wildman–Crippen LogP) is 4.85. The molecule has 3 aromatic heterocycles. The third-order valence-corrected chi connectivity index (χ3v) is 7.74. The van der Waals surface area contributed by atoms with E-state index in [4.69, 9.17) is 11.6 Å². The number of halogens is 1. The summed E-state index contributed by atoms with van der Waals surface area (Å²) in [4.78, 5) is 32.2. The molecule has 1 saturated carbocycles. The van der Waals surface area contributed by atoms with Gasteiger partial charge in [-0.05, 0) is 42.7 Å². The number of amides is 2. The molecular formula is C25H27ClN6O2S. The maximum Gasteiger partial charge on any atom is 0.262 e. The summed E-state index contributed by atoms with van der Waals surface area (Å²) in [6, 6.07) is 8.75. The lowest BCUT2D eigenvalue weighted by Crippen LogP contribution is -2.44. The maximum atomic E-state index is 13.1. The van der Waals surface area contributed by atoms with Crippen molar-refractivity contribution >= 4 is 51.5 Å². The Labute approximate surface area is 212 Å². The molecule has 1 aliphatic rings. The number of nitrogens with zero attached hydrogens (tertiary/aromatic N) is 4. The molecule has 0 unspecified atom stereocenters. The SMILES string of the molecule is Cn1cc(NC(=O)[C@H](CC2CCCC2)NC(=O)c2ccc(Cn3cnc4ccc(Cl)cc43)s2)cn1. The van der Waals surface area contributed by atoms with E-state index in [0.29, 0.717) is 34.5 Å². The first-order valence-electron chi connectivity index (χ1n) is 11.7. The minimum absolute atomic E-state index is 0.211. The van der Waals surface area contributed by atoms with Crippen LogP contribution < -0.4 is 10.6 Å². The Hall–Kier alpha value is -3.17. The van der Waals surface area contributed by atoms with Crippen LogP contribution in [0.1, 0.15) is 46.7 Å². The van der Waals surface area contributed by atoms with E-state index in [9.17, 15) is 9.59 Å². The highest BCUT2D eigenvalue weighted by molar-refractivity contribution is 7.14. The Kier molecular flexibility index (Phi) is 6.88. The van der Waals surface area contributed by atoms with Crippen LogP contribution in [0, 0.1) is 5.92 Å². The van der Waals surface area contributed by atoms with Crippen LogP contribution in [0.5, 0.6) is 0 Å². The molecule has 0 bridgehead atoms. The van der Waals surface area contributed by atoms with E-state index in [1.165, 1.54) is 24.2 Å². The Balaban J connectivity index is 1.28. The third kappa shape index (κ3) is 5.57. The molecule has 3 heterocycles. The summed E-state index contributed by atoms with van der Waals surface area (Å²) in [6.07, 6.45) is 10.3. The number of imidazole rings is 1. The van der Waals surface area contributed by atoms with Crippen molar-refractivity contribution in [3.05, 3.63) is 63.8 Å². The molecule has 0 spiro atoms. The number of carbonyl (C=O) groups excluding carboxylic acids is 2. The highest BCUT2D eigenvalue weighted by Gasteiger charge is 2.27. The summed E-state index contributed by atoms with van der Waals surface area (Å²) in [5.74, 6) is 0.00102. The predicted molar refractivity (Wildman–Crippen MR) is 138 cm³/mol. The van der Waals surface area contributed by atoms with Crippen molar-refractivity contribution in [2.75, 3.05) is 5.32 Å². The average Bonchev–Trinajstić information content (AvgIpc) is 3.63. The molecule has 8 nitrogen and oxygen atoms in total. The van der Waals surface area contributed by atoms with Gasteiger partial charge in [-0.3, -0.25) is 14.3 Å². The number of thiophene rings is 1. The van der Waals surface area contributed by atoms with Crippen molar-refractivity contribution in [1.82, 2.24) is 24.6 Å². The van der Waals surface area contributed by atoms with Crippen molar-refractivity contribution < 1.29 is 9.59 Å². The van der Waals surface area contributed by atoms with Crippen LogP contribution in [0.4, 0.5) is 5.69 Å². The molecule has 2 N–H and O–H groups in total. The molecule has 4 aromatic rings. The number of carbonyl (C=O) groups is 2. The second kappa shape index (κ2) is 10.2. The molecule has 10 heteroatoms. The average molecular weight is 511 g/mol. The smallest absolute Gasteiger partial charge is 0.262 e. The molecule has 2 amide bonds. The number of fused-ring (bicyclic) bond motifs is 1. The number of anilines is 1. The summed E-state index contributed by atoms with van der Waals surface area (Å²) < 4.78 is 3.64. The molecule has 5 rings (SSSR count). The molecule has 0 aliphatic heterocycles.